The predicted molar refractivity (Wildman–Crippen MR) is 120 cm³/mol. The zero-order valence-corrected chi connectivity index (χ0v) is 18.0. The van der Waals surface area contributed by atoms with E-state index in [9.17, 15) is 4.79 Å². The molecule has 1 heterocycles. The standard InChI is InChI=1S/C23H24ClN3O3/c1-15-13-18(23(28)30-4)7-10-21(15)27(11-12-29-3)16(2)20-14-25-22(26-20)17-5-8-19(24)9-6-17/h5-10,13-14H,2,11-12H2,1,3-4H3,(H,25,26). The molecule has 0 saturated heterocycles. The van der Waals surface area contributed by atoms with Gasteiger partial charge in [0, 0.05) is 29.9 Å². The molecule has 0 fully saturated rings. The van der Waals surface area contributed by atoms with Crippen molar-refractivity contribution in [2.75, 3.05) is 32.3 Å². The Hall–Kier alpha value is -3.09. The van der Waals surface area contributed by atoms with Gasteiger partial charge in [-0.1, -0.05) is 18.2 Å². The minimum absolute atomic E-state index is 0.368. The average molecular weight is 426 g/mol. The van der Waals surface area contributed by atoms with Crippen LogP contribution in [0.3, 0.4) is 0 Å². The van der Waals surface area contributed by atoms with Crippen LogP contribution in [0.2, 0.25) is 5.02 Å². The molecule has 0 aliphatic carbocycles. The second kappa shape index (κ2) is 9.61. The van der Waals surface area contributed by atoms with E-state index in [1.54, 1.807) is 25.4 Å². The Morgan fingerprint density at radius 1 is 1.20 bits per heavy atom. The molecule has 0 unspecified atom stereocenters. The average Bonchev–Trinajstić information content (AvgIpc) is 3.24. The number of hydrogen-bond donors (Lipinski definition) is 1. The smallest absolute Gasteiger partial charge is 0.337 e. The summed E-state index contributed by atoms with van der Waals surface area (Å²) in [5.74, 6) is 0.361. The molecule has 30 heavy (non-hydrogen) atoms. The first-order valence-corrected chi connectivity index (χ1v) is 9.78. The highest BCUT2D eigenvalue weighted by molar-refractivity contribution is 6.30. The third-order valence-electron chi connectivity index (χ3n) is 4.76. The quantitative estimate of drug-likeness (QED) is 0.517. The van der Waals surface area contributed by atoms with E-state index in [1.807, 2.05) is 42.2 Å². The number of ether oxygens (including phenoxy) is 2. The van der Waals surface area contributed by atoms with E-state index in [-0.39, 0.29) is 5.97 Å². The van der Waals surface area contributed by atoms with Crippen LogP contribution in [0.5, 0.6) is 0 Å². The summed E-state index contributed by atoms with van der Waals surface area (Å²) in [6.07, 6.45) is 1.75. The molecule has 3 aromatic rings. The molecule has 0 spiro atoms. The van der Waals surface area contributed by atoms with Crippen LogP contribution in [0.25, 0.3) is 17.1 Å². The molecule has 7 heteroatoms. The summed E-state index contributed by atoms with van der Waals surface area (Å²) < 4.78 is 10.1. The molecule has 3 rings (SSSR count). The van der Waals surface area contributed by atoms with Crippen molar-refractivity contribution in [1.29, 1.82) is 0 Å². The summed E-state index contributed by atoms with van der Waals surface area (Å²) in [4.78, 5) is 21.7. The number of aromatic nitrogens is 2. The Morgan fingerprint density at radius 2 is 1.93 bits per heavy atom. The predicted octanol–water partition coefficient (Wildman–Crippen LogP) is 4.95. The van der Waals surface area contributed by atoms with Crippen LogP contribution in [0.4, 0.5) is 5.69 Å². The van der Waals surface area contributed by atoms with Gasteiger partial charge in [-0.2, -0.15) is 0 Å². The second-order valence-corrected chi connectivity index (χ2v) is 7.17. The number of imidazole rings is 1. The second-order valence-electron chi connectivity index (χ2n) is 6.74. The first-order valence-electron chi connectivity index (χ1n) is 9.40. The maximum absolute atomic E-state index is 11.8. The lowest BCUT2D eigenvalue weighted by Crippen LogP contribution is -2.26. The summed E-state index contributed by atoms with van der Waals surface area (Å²) in [6.45, 7) is 7.32. The number of carbonyl (C=O) groups is 1. The zero-order valence-electron chi connectivity index (χ0n) is 17.2. The van der Waals surface area contributed by atoms with Crippen molar-refractivity contribution in [1.82, 2.24) is 9.97 Å². The summed E-state index contributed by atoms with van der Waals surface area (Å²) in [6, 6.07) is 12.9. The number of carbonyl (C=O) groups excluding carboxylic acids is 1. The zero-order chi connectivity index (χ0) is 21.7. The lowest BCUT2D eigenvalue weighted by molar-refractivity contribution is 0.0600. The molecule has 0 radical (unpaired) electrons. The number of methoxy groups -OCH3 is 2. The number of aryl methyl sites for hydroxylation is 1. The van der Waals surface area contributed by atoms with Gasteiger partial charge in [-0.05, 0) is 55.0 Å². The fourth-order valence-electron chi connectivity index (χ4n) is 3.15. The number of aromatic amines is 1. The van der Waals surface area contributed by atoms with Crippen molar-refractivity contribution >= 4 is 29.0 Å². The van der Waals surface area contributed by atoms with Crippen LogP contribution in [0.15, 0.2) is 55.2 Å². The number of H-pyrrole nitrogens is 1. The van der Waals surface area contributed by atoms with Gasteiger partial charge in [0.2, 0.25) is 0 Å². The van der Waals surface area contributed by atoms with E-state index in [1.165, 1.54) is 7.11 Å². The van der Waals surface area contributed by atoms with Gasteiger partial charge in [0.1, 0.15) is 5.82 Å². The van der Waals surface area contributed by atoms with Crippen LogP contribution >= 0.6 is 11.6 Å². The number of hydrogen-bond acceptors (Lipinski definition) is 5. The molecule has 0 atom stereocenters. The van der Waals surface area contributed by atoms with Gasteiger partial charge in [-0.25, -0.2) is 9.78 Å². The molecule has 6 nitrogen and oxygen atoms in total. The highest BCUT2D eigenvalue weighted by Crippen LogP contribution is 2.29. The molecule has 0 saturated carbocycles. The number of esters is 1. The number of nitrogens with zero attached hydrogens (tertiary/aromatic N) is 2. The van der Waals surface area contributed by atoms with Crippen molar-refractivity contribution in [3.63, 3.8) is 0 Å². The Kier molecular flexibility index (Phi) is 6.92. The minimum atomic E-state index is -0.368. The van der Waals surface area contributed by atoms with Crippen molar-refractivity contribution < 1.29 is 14.3 Å². The summed E-state index contributed by atoms with van der Waals surface area (Å²) >= 11 is 5.98. The SMILES string of the molecule is C=C(c1cnc(-c2ccc(Cl)cc2)[nH]1)N(CCOC)c1ccc(C(=O)OC)cc1C. The highest BCUT2D eigenvalue weighted by Gasteiger charge is 2.18. The molecule has 0 aliphatic rings. The van der Waals surface area contributed by atoms with Crippen molar-refractivity contribution in [2.45, 2.75) is 6.92 Å². The Morgan fingerprint density at radius 3 is 2.57 bits per heavy atom. The van der Waals surface area contributed by atoms with E-state index in [2.05, 4.69) is 16.5 Å². The molecular weight excluding hydrogens is 402 g/mol. The van der Waals surface area contributed by atoms with Gasteiger partial charge in [0.05, 0.1) is 36.9 Å². The fraction of sp³-hybridized carbons (Fsp3) is 0.217. The van der Waals surface area contributed by atoms with E-state index < -0.39 is 0 Å². The Labute approximate surface area is 181 Å². The summed E-state index contributed by atoms with van der Waals surface area (Å²) in [5.41, 5.74) is 4.81. The lowest BCUT2D eigenvalue weighted by Gasteiger charge is -2.27. The van der Waals surface area contributed by atoms with Crippen molar-refractivity contribution in [2.24, 2.45) is 0 Å². The van der Waals surface area contributed by atoms with Gasteiger partial charge < -0.3 is 19.4 Å². The van der Waals surface area contributed by atoms with Gasteiger partial charge in [0.25, 0.3) is 0 Å². The molecule has 156 valence electrons. The first-order chi connectivity index (χ1) is 14.4. The third kappa shape index (κ3) is 4.72. The lowest BCUT2D eigenvalue weighted by atomic mass is 10.1. The van der Waals surface area contributed by atoms with E-state index in [4.69, 9.17) is 21.1 Å². The van der Waals surface area contributed by atoms with E-state index in [0.717, 1.165) is 34.0 Å². The monoisotopic (exact) mass is 425 g/mol. The number of rotatable bonds is 8. The van der Waals surface area contributed by atoms with Crippen LogP contribution in [0.1, 0.15) is 21.6 Å². The first kappa shape index (κ1) is 21.6. The molecule has 0 bridgehead atoms. The van der Waals surface area contributed by atoms with Crippen LogP contribution in [0, 0.1) is 6.92 Å². The molecule has 0 amide bonds. The van der Waals surface area contributed by atoms with E-state index in [0.29, 0.717) is 23.7 Å². The molecule has 1 aromatic heterocycles. The van der Waals surface area contributed by atoms with Crippen molar-refractivity contribution in [3.8, 4) is 11.4 Å². The fourth-order valence-corrected chi connectivity index (χ4v) is 3.28. The molecule has 2 aromatic carbocycles. The summed E-state index contributed by atoms with van der Waals surface area (Å²) in [5, 5.41) is 0.673. The Balaban J connectivity index is 1.91. The molecule has 1 N–H and O–H groups in total. The number of halogens is 1. The number of anilines is 1. The van der Waals surface area contributed by atoms with Gasteiger partial charge >= 0.3 is 5.97 Å². The van der Waals surface area contributed by atoms with Gasteiger partial charge in [-0.3, -0.25) is 0 Å². The van der Waals surface area contributed by atoms with Crippen LogP contribution in [-0.2, 0) is 9.47 Å². The minimum Gasteiger partial charge on any atom is -0.465 e. The van der Waals surface area contributed by atoms with Crippen LogP contribution < -0.4 is 4.90 Å². The van der Waals surface area contributed by atoms with E-state index >= 15 is 0 Å². The van der Waals surface area contributed by atoms with Gasteiger partial charge in [0.15, 0.2) is 0 Å². The molecule has 0 aliphatic heterocycles. The van der Waals surface area contributed by atoms with Crippen LogP contribution in [-0.4, -0.2) is 43.3 Å². The number of benzene rings is 2. The Bertz CT molecular complexity index is 1040. The van der Waals surface area contributed by atoms with Crippen molar-refractivity contribution in [3.05, 3.63) is 77.1 Å². The third-order valence-corrected chi connectivity index (χ3v) is 5.01. The maximum Gasteiger partial charge on any atom is 0.337 e. The van der Waals surface area contributed by atoms with Gasteiger partial charge in [-0.15, -0.1) is 0 Å². The highest BCUT2D eigenvalue weighted by atomic mass is 35.5. The topological polar surface area (TPSA) is 67.5 Å². The summed E-state index contributed by atoms with van der Waals surface area (Å²) in [7, 11) is 3.03. The molecular formula is C23H24ClN3O3. The largest absolute Gasteiger partial charge is 0.465 e. The number of nitrogens with one attached hydrogen (secondary N) is 1. The maximum atomic E-state index is 11.8. The normalized spacial score (nSPS) is 10.7.